The number of fused-ring (bicyclic) bond motifs is 1. The fraction of sp³-hybridized carbons (Fsp3) is 0.412. The van der Waals surface area contributed by atoms with Gasteiger partial charge < -0.3 is 9.32 Å². The molecule has 4 heteroatoms. The highest BCUT2D eigenvalue weighted by atomic mass is 16.4. The van der Waals surface area contributed by atoms with Crippen molar-refractivity contribution >= 4 is 22.9 Å². The number of piperidine rings is 1. The molecule has 1 saturated heterocycles. The highest BCUT2D eigenvalue weighted by Gasteiger charge is 2.23. The highest BCUT2D eigenvalue weighted by molar-refractivity contribution is 5.99. The normalized spacial score (nSPS) is 19.0. The van der Waals surface area contributed by atoms with Crippen molar-refractivity contribution in [1.29, 1.82) is 0 Å². The topological polar surface area (TPSA) is 50.5 Å². The van der Waals surface area contributed by atoms with Crippen LogP contribution in [0.1, 0.15) is 35.7 Å². The van der Waals surface area contributed by atoms with E-state index in [1.165, 1.54) is 6.42 Å². The van der Waals surface area contributed by atoms with Crippen LogP contribution in [0.4, 0.5) is 5.69 Å². The molecular formula is C17H19NO3. The van der Waals surface area contributed by atoms with Crippen LogP contribution in [0.5, 0.6) is 0 Å². The fourth-order valence-corrected chi connectivity index (χ4v) is 3.14. The van der Waals surface area contributed by atoms with Gasteiger partial charge in [-0.2, -0.15) is 0 Å². The largest absolute Gasteiger partial charge is 0.422 e. The molecule has 4 nitrogen and oxygen atoms in total. The van der Waals surface area contributed by atoms with E-state index in [9.17, 15) is 9.59 Å². The first-order valence-electron chi connectivity index (χ1n) is 7.37. The zero-order valence-corrected chi connectivity index (χ0v) is 12.4. The van der Waals surface area contributed by atoms with E-state index in [4.69, 9.17) is 4.42 Å². The molecule has 1 fully saturated rings. The summed E-state index contributed by atoms with van der Waals surface area (Å²) in [7, 11) is 0. The monoisotopic (exact) mass is 285 g/mol. The smallest absolute Gasteiger partial charge is 0.349 e. The fourth-order valence-electron chi connectivity index (χ4n) is 3.14. The minimum atomic E-state index is -0.545. The number of rotatable bonds is 2. The Hall–Kier alpha value is -2.10. The standard InChI is InChI=1S/C17H19NO3/c1-11-5-6-13-15(8-11)21-17(20)14(10-19)16(13)18-7-3-4-12(2)9-18/h5-6,8,10,12H,3-4,7,9H2,1-2H3. The molecule has 110 valence electrons. The Morgan fingerprint density at radius 1 is 1.38 bits per heavy atom. The van der Waals surface area contributed by atoms with E-state index in [1.807, 2.05) is 25.1 Å². The van der Waals surface area contributed by atoms with Gasteiger partial charge in [-0.1, -0.05) is 13.0 Å². The number of hydrogen-bond acceptors (Lipinski definition) is 4. The number of carbonyl (C=O) groups is 1. The van der Waals surface area contributed by atoms with Crippen LogP contribution in [0.25, 0.3) is 11.0 Å². The van der Waals surface area contributed by atoms with Crippen LogP contribution in [0.2, 0.25) is 0 Å². The summed E-state index contributed by atoms with van der Waals surface area (Å²) < 4.78 is 5.31. The summed E-state index contributed by atoms with van der Waals surface area (Å²) >= 11 is 0. The van der Waals surface area contributed by atoms with Gasteiger partial charge in [0, 0.05) is 18.5 Å². The Bertz CT molecular complexity index is 748. The van der Waals surface area contributed by atoms with E-state index in [2.05, 4.69) is 11.8 Å². The number of benzene rings is 1. The first-order valence-corrected chi connectivity index (χ1v) is 7.37. The first-order chi connectivity index (χ1) is 10.1. The average molecular weight is 285 g/mol. The molecule has 0 saturated carbocycles. The van der Waals surface area contributed by atoms with Crippen molar-refractivity contribution in [2.75, 3.05) is 18.0 Å². The molecule has 0 radical (unpaired) electrons. The molecule has 0 aliphatic carbocycles. The number of carbonyl (C=O) groups excluding carboxylic acids is 1. The molecule has 1 aliphatic rings. The van der Waals surface area contributed by atoms with Crippen LogP contribution in [-0.4, -0.2) is 19.4 Å². The van der Waals surface area contributed by atoms with Gasteiger partial charge in [0.2, 0.25) is 0 Å². The van der Waals surface area contributed by atoms with Gasteiger partial charge in [-0.25, -0.2) is 4.79 Å². The Kier molecular flexibility index (Phi) is 3.53. The molecule has 0 spiro atoms. The number of nitrogens with zero attached hydrogens (tertiary/aromatic N) is 1. The minimum Gasteiger partial charge on any atom is -0.422 e. The molecule has 3 rings (SSSR count). The molecule has 2 heterocycles. The van der Waals surface area contributed by atoms with Crippen LogP contribution < -0.4 is 10.5 Å². The van der Waals surface area contributed by atoms with E-state index in [-0.39, 0.29) is 5.56 Å². The van der Waals surface area contributed by atoms with Gasteiger partial charge in [0.15, 0.2) is 6.29 Å². The van der Waals surface area contributed by atoms with E-state index < -0.39 is 5.63 Å². The van der Waals surface area contributed by atoms with Crippen LogP contribution in [-0.2, 0) is 0 Å². The second kappa shape index (κ2) is 5.35. The van der Waals surface area contributed by atoms with Gasteiger partial charge in [0.25, 0.3) is 0 Å². The molecule has 1 atom stereocenters. The second-order valence-corrected chi connectivity index (χ2v) is 5.96. The number of aryl methyl sites for hydroxylation is 1. The van der Waals surface area contributed by atoms with Crippen molar-refractivity contribution < 1.29 is 9.21 Å². The van der Waals surface area contributed by atoms with E-state index in [1.54, 1.807) is 0 Å². The molecule has 0 bridgehead atoms. The summed E-state index contributed by atoms with van der Waals surface area (Å²) in [5.41, 5.74) is 1.92. The van der Waals surface area contributed by atoms with Gasteiger partial charge in [-0.3, -0.25) is 4.79 Å². The van der Waals surface area contributed by atoms with Crippen LogP contribution in [0.15, 0.2) is 27.4 Å². The van der Waals surface area contributed by atoms with E-state index in [0.29, 0.717) is 17.8 Å². The Morgan fingerprint density at radius 2 is 2.19 bits per heavy atom. The summed E-state index contributed by atoms with van der Waals surface area (Å²) in [4.78, 5) is 25.7. The predicted molar refractivity (Wildman–Crippen MR) is 83.2 cm³/mol. The molecule has 0 amide bonds. The molecule has 0 N–H and O–H groups in total. The molecule has 1 aromatic heterocycles. The summed E-state index contributed by atoms with van der Waals surface area (Å²) in [5, 5.41) is 0.844. The van der Waals surface area contributed by atoms with Crippen molar-refractivity contribution in [3.05, 3.63) is 39.7 Å². The van der Waals surface area contributed by atoms with E-state index >= 15 is 0 Å². The third kappa shape index (κ3) is 2.46. The molecule has 2 aromatic rings. The lowest BCUT2D eigenvalue weighted by Gasteiger charge is -2.33. The van der Waals surface area contributed by atoms with Crippen molar-refractivity contribution in [2.24, 2.45) is 5.92 Å². The van der Waals surface area contributed by atoms with Crippen molar-refractivity contribution in [2.45, 2.75) is 26.7 Å². The molecule has 1 unspecified atom stereocenters. The summed E-state index contributed by atoms with van der Waals surface area (Å²) in [6, 6.07) is 5.77. The van der Waals surface area contributed by atoms with Crippen molar-refractivity contribution in [1.82, 2.24) is 0 Å². The zero-order valence-electron chi connectivity index (χ0n) is 12.4. The Balaban J connectivity index is 2.27. The summed E-state index contributed by atoms with van der Waals surface area (Å²) in [6.45, 7) is 5.89. The van der Waals surface area contributed by atoms with E-state index in [0.717, 1.165) is 36.1 Å². The lowest BCUT2D eigenvalue weighted by Crippen LogP contribution is -2.36. The Labute approximate surface area is 123 Å². The van der Waals surface area contributed by atoms with Crippen molar-refractivity contribution in [3.63, 3.8) is 0 Å². The maximum absolute atomic E-state index is 12.1. The number of aldehydes is 1. The van der Waals surface area contributed by atoms with Crippen LogP contribution >= 0.6 is 0 Å². The van der Waals surface area contributed by atoms with Crippen molar-refractivity contribution in [3.8, 4) is 0 Å². The molecule has 21 heavy (non-hydrogen) atoms. The quantitative estimate of drug-likeness (QED) is 0.628. The van der Waals surface area contributed by atoms with Gasteiger partial charge in [0.05, 0.1) is 5.69 Å². The van der Waals surface area contributed by atoms with Crippen LogP contribution in [0, 0.1) is 12.8 Å². The van der Waals surface area contributed by atoms with Gasteiger partial charge in [-0.15, -0.1) is 0 Å². The summed E-state index contributed by atoms with van der Waals surface area (Å²) in [6.07, 6.45) is 2.89. The minimum absolute atomic E-state index is 0.139. The van der Waals surface area contributed by atoms with Gasteiger partial charge in [0.1, 0.15) is 11.1 Å². The average Bonchev–Trinajstić information content (AvgIpc) is 2.45. The Morgan fingerprint density at radius 3 is 2.90 bits per heavy atom. The molecular weight excluding hydrogens is 266 g/mol. The number of anilines is 1. The summed E-state index contributed by atoms with van der Waals surface area (Å²) in [5.74, 6) is 0.561. The maximum Gasteiger partial charge on any atom is 0.349 e. The third-order valence-electron chi connectivity index (χ3n) is 4.16. The van der Waals surface area contributed by atoms with Gasteiger partial charge >= 0.3 is 5.63 Å². The molecule has 1 aliphatic heterocycles. The second-order valence-electron chi connectivity index (χ2n) is 5.96. The SMILES string of the molecule is Cc1ccc2c(N3CCCC(C)C3)c(C=O)c(=O)oc2c1. The lowest BCUT2D eigenvalue weighted by atomic mass is 9.98. The highest BCUT2D eigenvalue weighted by Crippen LogP contribution is 2.31. The first kappa shape index (κ1) is 13.9. The number of hydrogen-bond donors (Lipinski definition) is 0. The predicted octanol–water partition coefficient (Wildman–Crippen LogP) is 3.15. The van der Waals surface area contributed by atoms with Gasteiger partial charge in [-0.05, 0) is 43.4 Å². The zero-order chi connectivity index (χ0) is 15.0. The van der Waals surface area contributed by atoms with Crippen LogP contribution in [0.3, 0.4) is 0 Å². The third-order valence-corrected chi connectivity index (χ3v) is 4.16. The molecule has 1 aromatic carbocycles. The maximum atomic E-state index is 12.1. The lowest BCUT2D eigenvalue weighted by molar-refractivity contribution is 0.112.